The lowest BCUT2D eigenvalue weighted by Gasteiger charge is -1.98. The number of primary amides is 1. The molecule has 0 radical (unpaired) electrons. The largest absolute Gasteiger partial charge is 0.352 e. The second kappa shape index (κ2) is 4.48. The van der Waals surface area contributed by atoms with Crippen LogP contribution < -0.4 is 11.1 Å². The van der Waals surface area contributed by atoms with Crippen molar-refractivity contribution in [1.82, 2.24) is 15.3 Å². The van der Waals surface area contributed by atoms with E-state index in [0.29, 0.717) is 12.4 Å². The summed E-state index contributed by atoms with van der Waals surface area (Å²) in [7, 11) is 0. The highest BCUT2D eigenvalue weighted by molar-refractivity contribution is 5.71. The van der Waals surface area contributed by atoms with Gasteiger partial charge in [-0.2, -0.15) is 0 Å². The van der Waals surface area contributed by atoms with Crippen LogP contribution in [0.2, 0.25) is 0 Å². The number of nitrogens with two attached hydrogens (primary N) is 1. The predicted octanol–water partition coefficient (Wildman–Crippen LogP) is 1.24. The molecule has 0 bridgehead atoms. The van der Waals surface area contributed by atoms with Crippen molar-refractivity contribution in [2.24, 2.45) is 5.73 Å². The Morgan fingerprint density at radius 3 is 2.81 bits per heavy atom. The first-order valence-corrected chi connectivity index (χ1v) is 4.88. The van der Waals surface area contributed by atoms with Crippen LogP contribution in [0.15, 0.2) is 36.5 Å². The molecule has 0 spiro atoms. The first-order valence-electron chi connectivity index (χ1n) is 4.88. The Labute approximate surface area is 92.7 Å². The summed E-state index contributed by atoms with van der Waals surface area (Å²) in [5, 5.41) is 2.47. The lowest BCUT2D eigenvalue weighted by molar-refractivity contribution is 0.248. The van der Waals surface area contributed by atoms with Gasteiger partial charge in [0.15, 0.2) is 0 Å². The van der Waals surface area contributed by atoms with Crippen LogP contribution in [0.1, 0.15) is 5.82 Å². The number of hydrogen-bond donors (Lipinski definition) is 3. The molecule has 0 fully saturated rings. The molecule has 0 aliphatic heterocycles. The number of carbonyl (C=O) groups is 1. The van der Waals surface area contributed by atoms with Crippen molar-refractivity contribution in [3.63, 3.8) is 0 Å². The van der Waals surface area contributed by atoms with Gasteiger partial charge in [0.2, 0.25) is 0 Å². The molecule has 0 atom stereocenters. The number of nitrogens with zero attached hydrogens (tertiary/aromatic N) is 1. The molecule has 1 heterocycles. The second-order valence-corrected chi connectivity index (χ2v) is 3.33. The Balaban J connectivity index is 2.11. The van der Waals surface area contributed by atoms with Gasteiger partial charge in [0.1, 0.15) is 5.82 Å². The molecule has 0 saturated carbocycles. The van der Waals surface area contributed by atoms with E-state index in [1.54, 1.807) is 6.20 Å². The molecule has 4 N–H and O–H groups in total. The average molecular weight is 216 g/mol. The smallest absolute Gasteiger partial charge is 0.312 e. The van der Waals surface area contributed by atoms with Crippen LogP contribution in [0.25, 0.3) is 11.3 Å². The lowest BCUT2D eigenvalue weighted by Crippen LogP contribution is -2.29. The van der Waals surface area contributed by atoms with Crippen molar-refractivity contribution in [3.8, 4) is 11.3 Å². The van der Waals surface area contributed by atoms with Gasteiger partial charge in [-0.3, -0.25) is 0 Å². The number of rotatable bonds is 3. The summed E-state index contributed by atoms with van der Waals surface area (Å²) in [5.41, 5.74) is 6.94. The third kappa shape index (κ3) is 2.38. The SMILES string of the molecule is NC(=O)NCc1ncc(-c2ccccc2)[nH]1. The van der Waals surface area contributed by atoms with Gasteiger partial charge in [0, 0.05) is 0 Å². The minimum atomic E-state index is -0.558. The third-order valence-corrected chi connectivity index (χ3v) is 2.14. The van der Waals surface area contributed by atoms with Gasteiger partial charge in [-0.15, -0.1) is 0 Å². The van der Waals surface area contributed by atoms with Crippen molar-refractivity contribution < 1.29 is 4.79 Å². The van der Waals surface area contributed by atoms with E-state index in [-0.39, 0.29) is 0 Å². The fraction of sp³-hybridized carbons (Fsp3) is 0.0909. The zero-order chi connectivity index (χ0) is 11.4. The van der Waals surface area contributed by atoms with Crippen molar-refractivity contribution in [1.29, 1.82) is 0 Å². The summed E-state index contributed by atoms with van der Waals surface area (Å²) in [6.07, 6.45) is 1.73. The van der Waals surface area contributed by atoms with Gasteiger partial charge in [0.25, 0.3) is 0 Å². The van der Waals surface area contributed by atoms with E-state index in [4.69, 9.17) is 5.73 Å². The van der Waals surface area contributed by atoms with E-state index < -0.39 is 6.03 Å². The van der Waals surface area contributed by atoms with Crippen LogP contribution >= 0.6 is 0 Å². The predicted molar refractivity (Wildman–Crippen MR) is 60.4 cm³/mol. The number of carbonyl (C=O) groups excluding carboxylic acids is 1. The van der Waals surface area contributed by atoms with E-state index in [0.717, 1.165) is 11.3 Å². The lowest BCUT2D eigenvalue weighted by atomic mass is 10.2. The van der Waals surface area contributed by atoms with Crippen LogP contribution in [0, 0.1) is 0 Å². The highest BCUT2D eigenvalue weighted by atomic mass is 16.2. The summed E-state index contributed by atoms with van der Waals surface area (Å²) in [6.45, 7) is 0.308. The van der Waals surface area contributed by atoms with Crippen LogP contribution in [0.5, 0.6) is 0 Å². The molecular formula is C11H12N4O. The van der Waals surface area contributed by atoms with Gasteiger partial charge in [-0.1, -0.05) is 30.3 Å². The van der Waals surface area contributed by atoms with Crippen LogP contribution in [-0.2, 0) is 6.54 Å². The first kappa shape index (κ1) is 10.2. The van der Waals surface area contributed by atoms with E-state index in [1.165, 1.54) is 0 Å². The Morgan fingerprint density at radius 1 is 1.38 bits per heavy atom. The van der Waals surface area contributed by atoms with Crippen LogP contribution in [-0.4, -0.2) is 16.0 Å². The molecule has 2 aromatic rings. The topological polar surface area (TPSA) is 83.8 Å². The Kier molecular flexibility index (Phi) is 2.86. The number of urea groups is 1. The second-order valence-electron chi connectivity index (χ2n) is 3.33. The van der Waals surface area contributed by atoms with E-state index >= 15 is 0 Å². The van der Waals surface area contributed by atoms with Crippen molar-refractivity contribution in [2.45, 2.75) is 6.54 Å². The molecule has 82 valence electrons. The Hall–Kier alpha value is -2.30. The van der Waals surface area contributed by atoms with E-state index in [9.17, 15) is 4.79 Å². The zero-order valence-corrected chi connectivity index (χ0v) is 8.60. The molecule has 0 saturated heterocycles. The van der Waals surface area contributed by atoms with Crippen LogP contribution in [0.4, 0.5) is 4.79 Å². The highest BCUT2D eigenvalue weighted by Gasteiger charge is 2.02. The number of H-pyrrole nitrogens is 1. The molecule has 0 unspecified atom stereocenters. The maximum Gasteiger partial charge on any atom is 0.312 e. The minimum absolute atomic E-state index is 0.308. The molecule has 2 amide bonds. The number of benzene rings is 1. The van der Waals surface area contributed by atoms with E-state index in [2.05, 4.69) is 15.3 Å². The number of amides is 2. The Morgan fingerprint density at radius 2 is 2.12 bits per heavy atom. The normalized spacial score (nSPS) is 10.0. The standard InChI is InChI=1S/C11H12N4O/c12-11(16)14-7-10-13-6-9(15-10)8-4-2-1-3-5-8/h1-6H,7H2,(H,13,15)(H3,12,14,16). The molecule has 2 rings (SSSR count). The summed E-state index contributed by atoms with van der Waals surface area (Å²) < 4.78 is 0. The quantitative estimate of drug-likeness (QED) is 0.721. The van der Waals surface area contributed by atoms with Gasteiger partial charge in [-0.25, -0.2) is 9.78 Å². The summed E-state index contributed by atoms with van der Waals surface area (Å²) in [5.74, 6) is 0.678. The average Bonchev–Trinajstić information content (AvgIpc) is 2.76. The maximum atomic E-state index is 10.5. The molecule has 1 aromatic carbocycles. The third-order valence-electron chi connectivity index (χ3n) is 2.14. The van der Waals surface area contributed by atoms with Crippen molar-refractivity contribution in [3.05, 3.63) is 42.4 Å². The molecule has 0 aliphatic rings. The Bertz CT molecular complexity index is 478. The first-order chi connectivity index (χ1) is 7.75. The van der Waals surface area contributed by atoms with Crippen molar-refractivity contribution >= 4 is 6.03 Å². The van der Waals surface area contributed by atoms with Crippen LogP contribution in [0.3, 0.4) is 0 Å². The fourth-order valence-electron chi connectivity index (χ4n) is 1.39. The number of imidazole rings is 1. The number of hydrogen-bond acceptors (Lipinski definition) is 2. The summed E-state index contributed by atoms with van der Waals surface area (Å²) in [4.78, 5) is 17.8. The van der Waals surface area contributed by atoms with E-state index in [1.807, 2.05) is 30.3 Å². The van der Waals surface area contributed by atoms with Gasteiger partial charge in [0.05, 0.1) is 18.4 Å². The minimum Gasteiger partial charge on any atom is -0.352 e. The molecule has 16 heavy (non-hydrogen) atoms. The summed E-state index contributed by atoms with van der Waals surface area (Å²) >= 11 is 0. The van der Waals surface area contributed by atoms with Crippen molar-refractivity contribution in [2.75, 3.05) is 0 Å². The molecular weight excluding hydrogens is 204 g/mol. The molecule has 5 heteroatoms. The molecule has 1 aromatic heterocycles. The number of nitrogens with one attached hydrogen (secondary N) is 2. The number of aromatic amines is 1. The molecule has 0 aliphatic carbocycles. The van der Waals surface area contributed by atoms with Gasteiger partial charge < -0.3 is 16.0 Å². The van der Waals surface area contributed by atoms with Gasteiger partial charge in [-0.05, 0) is 5.56 Å². The highest BCUT2D eigenvalue weighted by Crippen LogP contribution is 2.15. The number of aromatic nitrogens is 2. The summed E-state index contributed by atoms with van der Waals surface area (Å²) in [6, 6.07) is 9.28. The maximum absolute atomic E-state index is 10.5. The molecule has 5 nitrogen and oxygen atoms in total. The fourth-order valence-corrected chi connectivity index (χ4v) is 1.39. The van der Waals surface area contributed by atoms with Gasteiger partial charge >= 0.3 is 6.03 Å². The zero-order valence-electron chi connectivity index (χ0n) is 8.60. The monoisotopic (exact) mass is 216 g/mol.